The zero-order valence-electron chi connectivity index (χ0n) is 9.85. The van der Waals surface area contributed by atoms with E-state index >= 15 is 0 Å². The van der Waals surface area contributed by atoms with Gasteiger partial charge in [-0.1, -0.05) is 18.2 Å². The summed E-state index contributed by atoms with van der Waals surface area (Å²) in [6.07, 6.45) is 9.70. The number of carbonyl (C=O) groups is 1. The number of Topliss-reactive ketones (excluding diaryl/α,β-unsaturated/α-hetero) is 1. The Morgan fingerprint density at radius 3 is 2.94 bits per heavy atom. The van der Waals surface area contributed by atoms with Crippen molar-refractivity contribution in [2.45, 2.75) is 19.3 Å². The molecule has 0 radical (unpaired) electrons. The molecule has 2 rings (SSSR count). The number of allylic oxidation sites excluding steroid dienone is 4. The van der Waals surface area contributed by atoms with Gasteiger partial charge in [-0.3, -0.25) is 9.78 Å². The van der Waals surface area contributed by atoms with Crippen LogP contribution in [0.15, 0.2) is 42.1 Å². The zero-order valence-corrected chi connectivity index (χ0v) is 9.85. The summed E-state index contributed by atoms with van der Waals surface area (Å²) in [5.74, 6) is 0.869. The third-order valence-electron chi connectivity index (χ3n) is 2.75. The Morgan fingerprint density at radius 1 is 1.47 bits per heavy atom. The normalized spacial score (nSPS) is 14.3. The smallest absolute Gasteiger partial charge is 0.164 e. The number of methoxy groups -OCH3 is 1. The second-order valence-corrected chi connectivity index (χ2v) is 3.95. The fraction of sp³-hybridized carbons (Fsp3) is 0.286. The van der Waals surface area contributed by atoms with Gasteiger partial charge in [-0.25, -0.2) is 0 Å². The van der Waals surface area contributed by atoms with Gasteiger partial charge in [-0.2, -0.15) is 0 Å². The highest BCUT2D eigenvalue weighted by Crippen LogP contribution is 2.15. The lowest BCUT2D eigenvalue weighted by atomic mass is 9.98. The summed E-state index contributed by atoms with van der Waals surface area (Å²) in [5, 5.41) is 0. The van der Waals surface area contributed by atoms with Crippen LogP contribution in [-0.2, 0) is 11.2 Å². The third kappa shape index (κ3) is 3.03. The molecule has 0 aliphatic heterocycles. The Kier molecular flexibility index (Phi) is 3.70. The van der Waals surface area contributed by atoms with Crippen molar-refractivity contribution in [3.8, 4) is 5.75 Å². The minimum absolute atomic E-state index is 0.159. The number of hydrogen-bond donors (Lipinski definition) is 0. The second kappa shape index (κ2) is 5.43. The number of nitrogens with zero attached hydrogens (tertiary/aromatic N) is 1. The molecule has 3 heteroatoms. The molecule has 88 valence electrons. The molecule has 1 heterocycles. The zero-order chi connectivity index (χ0) is 12.1. The molecule has 0 unspecified atom stereocenters. The average molecular weight is 229 g/mol. The molecular weight excluding hydrogens is 214 g/mol. The fourth-order valence-electron chi connectivity index (χ4n) is 1.75. The monoisotopic (exact) mass is 229 g/mol. The van der Waals surface area contributed by atoms with Crippen molar-refractivity contribution in [3.05, 3.63) is 47.8 Å². The molecule has 0 atom stereocenters. The first-order valence-corrected chi connectivity index (χ1v) is 5.67. The fourth-order valence-corrected chi connectivity index (χ4v) is 1.75. The summed E-state index contributed by atoms with van der Waals surface area (Å²) in [7, 11) is 1.60. The van der Waals surface area contributed by atoms with Crippen LogP contribution in [0.4, 0.5) is 0 Å². The van der Waals surface area contributed by atoms with Crippen molar-refractivity contribution in [1.29, 1.82) is 0 Å². The lowest BCUT2D eigenvalue weighted by molar-refractivity contribution is -0.115. The van der Waals surface area contributed by atoms with Crippen molar-refractivity contribution in [1.82, 2.24) is 4.98 Å². The van der Waals surface area contributed by atoms with Crippen molar-refractivity contribution in [3.63, 3.8) is 0 Å². The SMILES string of the molecule is COc1ccc(CC(=O)C2=CC=CCC2)nc1. The molecular formula is C14H15NO2. The van der Waals surface area contributed by atoms with Gasteiger partial charge >= 0.3 is 0 Å². The van der Waals surface area contributed by atoms with E-state index in [0.717, 1.165) is 24.1 Å². The molecule has 1 aromatic rings. The van der Waals surface area contributed by atoms with E-state index < -0.39 is 0 Å². The molecule has 0 aromatic carbocycles. The Morgan fingerprint density at radius 2 is 2.35 bits per heavy atom. The van der Waals surface area contributed by atoms with Crippen molar-refractivity contribution >= 4 is 5.78 Å². The first-order valence-electron chi connectivity index (χ1n) is 5.67. The van der Waals surface area contributed by atoms with E-state index in [0.29, 0.717) is 12.2 Å². The van der Waals surface area contributed by atoms with Gasteiger partial charge < -0.3 is 4.74 Å². The molecule has 0 amide bonds. The number of hydrogen-bond acceptors (Lipinski definition) is 3. The van der Waals surface area contributed by atoms with E-state index in [2.05, 4.69) is 11.1 Å². The summed E-state index contributed by atoms with van der Waals surface area (Å²) in [6, 6.07) is 3.65. The van der Waals surface area contributed by atoms with Crippen LogP contribution in [0.25, 0.3) is 0 Å². The molecule has 0 saturated heterocycles. The van der Waals surface area contributed by atoms with Gasteiger partial charge in [0.25, 0.3) is 0 Å². The quantitative estimate of drug-likeness (QED) is 0.796. The standard InChI is InChI=1S/C14H15NO2/c1-17-13-8-7-12(15-10-13)9-14(16)11-5-3-2-4-6-11/h2-3,5,7-8,10H,4,6,9H2,1H3. The third-order valence-corrected chi connectivity index (χ3v) is 2.75. The van der Waals surface area contributed by atoms with E-state index in [1.54, 1.807) is 13.3 Å². The highest BCUT2D eigenvalue weighted by Gasteiger charge is 2.11. The number of aromatic nitrogens is 1. The van der Waals surface area contributed by atoms with Gasteiger partial charge in [0, 0.05) is 5.69 Å². The minimum Gasteiger partial charge on any atom is -0.495 e. The molecule has 0 spiro atoms. The Bertz CT molecular complexity index is 458. The van der Waals surface area contributed by atoms with Gasteiger partial charge in [-0.15, -0.1) is 0 Å². The van der Waals surface area contributed by atoms with Crippen LogP contribution in [0.2, 0.25) is 0 Å². The first kappa shape index (κ1) is 11.6. The first-order chi connectivity index (χ1) is 8.29. The lowest BCUT2D eigenvalue weighted by Crippen LogP contribution is -2.08. The van der Waals surface area contributed by atoms with E-state index in [4.69, 9.17) is 4.74 Å². The number of carbonyl (C=O) groups excluding carboxylic acids is 1. The molecule has 0 N–H and O–H groups in total. The number of ketones is 1. The van der Waals surface area contributed by atoms with Crippen LogP contribution in [0, 0.1) is 0 Å². The lowest BCUT2D eigenvalue weighted by Gasteiger charge is -2.07. The van der Waals surface area contributed by atoms with Crippen molar-refractivity contribution in [2.75, 3.05) is 7.11 Å². The van der Waals surface area contributed by atoms with Crippen LogP contribution < -0.4 is 4.74 Å². The second-order valence-electron chi connectivity index (χ2n) is 3.95. The van der Waals surface area contributed by atoms with Crippen LogP contribution in [0.3, 0.4) is 0 Å². The van der Waals surface area contributed by atoms with E-state index in [1.165, 1.54) is 0 Å². The number of pyridine rings is 1. The van der Waals surface area contributed by atoms with Crippen LogP contribution in [0.1, 0.15) is 18.5 Å². The highest BCUT2D eigenvalue weighted by molar-refractivity contribution is 5.97. The summed E-state index contributed by atoms with van der Waals surface area (Å²) in [6.45, 7) is 0. The van der Waals surface area contributed by atoms with E-state index in [1.807, 2.05) is 24.3 Å². The van der Waals surface area contributed by atoms with Crippen molar-refractivity contribution < 1.29 is 9.53 Å². The minimum atomic E-state index is 0.159. The van der Waals surface area contributed by atoms with Gasteiger partial charge in [-0.05, 0) is 30.5 Å². The average Bonchev–Trinajstić information content (AvgIpc) is 2.40. The molecule has 17 heavy (non-hydrogen) atoms. The summed E-state index contributed by atoms with van der Waals surface area (Å²) >= 11 is 0. The van der Waals surface area contributed by atoms with Gasteiger partial charge in [0.15, 0.2) is 5.78 Å². The van der Waals surface area contributed by atoms with Gasteiger partial charge in [0.2, 0.25) is 0 Å². The molecule has 1 aliphatic carbocycles. The number of ether oxygens (including phenoxy) is 1. The summed E-state index contributed by atoms with van der Waals surface area (Å²) in [5.41, 5.74) is 1.68. The Labute approximate surface area is 101 Å². The molecule has 0 fully saturated rings. The maximum absolute atomic E-state index is 11.9. The van der Waals surface area contributed by atoms with Crippen molar-refractivity contribution in [2.24, 2.45) is 0 Å². The van der Waals surface area contributed by atoms with E-state index in [9.17, 15) is 4.79 Å². The topological polar surface area (TPSA) is 39.2 Å². The van der Waals surface area contributed by atoms with Gasteiger partial charge in [0.05, 0.1) is 19.7 Å². The van der Waals surface area contributed by atoms with Crippen LogP contribution >= 0.6 is 0 Å². The predicted octanol–water partition coefficient (Wildman–Crippen LogP) is 2.48. The van der Waals surface area contributed by atoms with E-state index in [-0.39, 0.29) is 5.78 Å². The van der Waals surface area contributed by atoms with Crippen LogP contribution in [0.5, 0.6) is 5.75 Å². The largest absolute Gasteiger partial charge is 0.495 e. The van der Waals surface area contributed by atoms with Crippen LogP contribution in [-0.4, -0.2) is 17.9 Å². The Hall–Kier alpha value is -1.90. The Balaban J connectivity index is 2.02. The molecule has 0 saturated carbocycles. The summed E-state index contributed by atoms with van der Waals surface area (Å²) < 4.78 is 5.02. The predicted molar refractivity (Wildman–Crippen MR) is 66.0 cm³/mol. The molecule has 0 bridgehead atoms. The van der Waals surface area contributed by atoms with Gasteiger partial charge in [0.1, 0.15) is 5.75 Å². The summed E-state index contributed by atoms with van der Waals surface area (Å²) in [4.78, 5) is 16.1. The highest BCUT2D eigenvalue weighted by atomic mass is 16.5. The maximum atomic E-state index is 11.9. The molecule has 1 aliphatic rings. The number of rotatable bonds is 4. The maximum Gasteiger partial charge on any atom is 0.164 e. The molecule has 1 aromatic heterocycles. The molecule has 3 nitrogen and oxygen atoms in total.